The van der Waals surface area contributed by atoms with E-state index in [4.69, 9.17) is 107 Å². The maximum atomic E-state index is 15.9. The van der Waals surface area contributed by atoms with E-state index in [0.29, 0.717) is 59.6 Å². The summed E-state index contributed by atoms with van der Waals surface area (Å²) in [6.45, 7) is 8.28. The number of rotatable bonds is 16. The summed E-state index contributed by atoms with van der Waals surface area (Å²) in [7, 11) is -17.8. The zero-order valence-electron chi connectivity index (χ0n) is 74.4. The number of halogens is 4. The third-order valence-corrected chi connectivity index (χ3v) is 24.7. The number of nitrogens with zero attached hydrogens (tertiary/aromatic N) is 4. The lowest BCUT2D eigenvalue weighted by Gasteiger charge is -2.34. The van der Waals surface area contributed by atoms with Gasteiger partial charge in [-0.25, -0.2) is 50.2 Å². The van der Waals surface area contributed by atoms with E-state index >= 15 is 17.6 Å². The van der Waals surface area contributed by atoms with Crippen molar-refractivity contribution in [3.63, 3.8) is 0 Å². The van der Waals surface area contributed by atoms with Crippen LogP contribution in [0.3, 0.4) is 0 Å². The molecule has 39 nitrogen and oxygen atoms in total. The van der Waals surface area contributed by atoms with Gasteiger partial charge in [0.15, 0.2) is 24.9 Å². The molecule has 16 atom stereocenters. The molecule has 0 aliphatic carbocycles. The number of H-pyrrole nitrogens is 3. The maximum Gasteiger partial charge on any atom is 0.530 e. The predicted molar refractivity (Wildman–Crippen MR) is 436 cm³/mol. The van der Waals surface area contributed by atoms with Crippen LogP contribution >= 0.6 is 31.3 Å². The van der Waals surface area contributed by atoms with Crippen LogP contribution < -0.4 is 57.2 Å². The number of amides is 1. The number of aryl methyl sites for hydroxylation is 8. The number of terminal acetylenes is 4. The first kappa shape index (κ1) is 86.5. The van der Waals surface area contributed by atoms with E-state index in [-0.39, 0.29) is 66.0 Å². The van der Waals surface area contributed by atoms with Crippen molar-refractivity contribution in [1.29, 1.82) is 0 Å². The maximum absolute atomic E-state index is 15.9. The number of aromatic nitrogens is 6. The standard InChI is InChI=1S/C21H22FN2O7P.3C20H20FN2O8P/c1-5-15-9-24(14(4)23-19(15)26)20-17(25)8-21(22,30-20)11-29-32(27)28-10-16-7-12(2)6-13(3)18(16)31-32;3*1-4-13-8-23(19(26)22-17(13)25)18-15(24)7-20(21,30-18)10-29-32(27)28-9-14-6-11(2)5-12(3)16(14)31-32/h1,6-7,9,17,20,25H,4,8,10-11H2,2-3H3,(H,23,26);3*1,5-6,8,15,18,24H,7,9-10H2,2-3H3,(H,22,25,26)/t17-,20-,21+,32?;3*15-,18-,20+,32?/m1111/s1/i11D2,20D;18D;10D2;. The molecule has 9 aliphatic heterocycles. The normalized spacial score (nSPS) is 32.0. The zero-order valence-corrected chi connectivity index (χ0v) is 72.0. The van der Waals surface area contributed by atoms with Crippen molar-refractivity contribution in [3.05, 3.63) is 237 Å². The number of carbonyl (C=O) groups excluding carboxylic acids is 1. The largest absolute Gasteiger partial charge is 0.530 e. The average molecular weight is 1870 g/mol. The number of benzene rings is 4. The Hall–Kier alpha value is -10.9. The number of aromatic amines is 3. The Morgan fingerprint density at radius 2 is 0.766 bits per heavy atom. The van der Waals surface area contributed by atoms with Crippen LogP contribution in [0.1, 0.15) is 136 Å². The second-order valence-electron chi connectivity index (χ2n) is 30.0. The van der Waals surface area contributed by atoms with E-state index in [1.807, 2.05) is 72.7 Å². The fourth-order valence-corrected chi connectivity index (χ4v) is 19.1. The summed E-state index contributed by atoms with van der Waals surface area (Å²) in [6, 6.07) is 14.2. The highest BCUT2D eigenvalue weighted by atomic mass is 31.2. The molecular formula is C81H82F4N8O31P4. The first-order valence-electron chi connectivity index (χ1n) is 40.9. The number of ether oxygens (including phenoxy) is 4. The lowest BCUT2D eigenvalue weighted by molar-refractivity contribution is -0.184. The van der Waals surface area contributed by atoms with Crippen molar-refractivity contribution in [2.45, 2.75) is 180 Å². The van der Waals surface area contributed by atoms with Crippen LogP contribution in [0.4, 0.5) is 17.6 Å². The number of fused-ring (bicyclic) bond motifs is 4. The van der Waals surface area contributed by atoms with Crippen molar-refractivity contribution in [2.75, 3.05) is 26.3 Å². The van der Waals surface area contributed by atoms with E-state index in [2.05, 4.69) is 23.7 Å². The Morgan fingerprint density at radius 3 is 1.14 bits per heavy atom. The van der Waals surface area contributed by atoms with Gasteiger partial charge in [-0.05, 0) is 77.6 Å². The van der Waals surface area contributed by atoms with Crippen LogP contribution in [0.25, 0.3) is 0 Å². The summed E-state index contributed by atoms with van der Waals surface area (Å²) in [5, 5.41) is 43.7. The molecule has 128 heavy (non-hydrogen) atoms. The first-order valence-corrected chi connectivity index (χ1v) is 43.7. The molecule has 4 saturated heterocycles. The van der Waals surface area contributed by atoms with E-state index in [9.17, 15) is 72.2 Å². The lowest BCUT2D eigenvalue weighted by atomic mass is 10.1. The number of nitrogens with one attached hydrogen (secondary N) is 4. The van der Waals surface area contributed by atoms with Gasteiger partial charge in [-0.15, -0.1) is 25.7 Å². The van der Waals surface area contributed by atoms with Gasteiger partial charge in [0.1, 0.15) is 102 Å². The minimum absolute atomic E-state index is 0.0534. The molecule has 7 aromatic rings. The summed E-state index contributed by atoms with van der Waals surface area (Å²) >= 11 is 0. The zero-order chi connectivity index (χ0) is 98.5. The SMILES string of the molecule is C#Cc1cn([C@@H]2O[C@](F)(COP3(=O)OCc4cc(C)cc(C)c4O3)C[C@H]2O)c(=O)[nH]c1=O.[2H]C([2H])(OP1(=O)OCc2cc(C)cc(C)c2O1)[C@]1(F)C[C@@H](O)[C@H](n2cc(C#C)c(=O)[nH]c2=O)O1.[2H]C([2H])(OP1(=O)OCc2cc(C)cc(C)c2O1)[C@]1(F)C[C@@H](O)[C@]([2H])(N2C=C(C#C)C(=O)NC2=C)O1.[2H][C@@]1(n2cc(C#C)c(=O)[nH]c2=O)O[C@](F)(COP2(=O)OCc3cc(C)cc(C)c3O2)C[C@H]1O. The van der Waals surface area contributed by atoms with Gasteiger partial charge < -0.3 is 67.7 Å². The molecule has 680 valence electrons. The average Bonchev–Trinajstić information content (AvgIpc) is 1.57. The smallest absolute Gasteiger partial charge is 0.403 e. The Kier molecular flexibility index (Phi) is 24.7. The quantitative estimate of drug-likeness (QED) is 0.0258. The van der Waals surface area contributed by atoms with Gasteiger partial charge in [0.2, 0.25) is 23.4 Å². The Balaban J connectivity index is 0.000000152. The molecule has 9 aliphatic rings. The fraction of sp³-hybridized carbons (Fsp3) is 0.395. The summed E-state index contributed by atoms with van der Waals surface area (Å²) in [5.74, 6) is -4.22. The summed E-state index contributed by atoms with van der Waals surface area (Å²) in [6.07, 6.45) is 5.10. The van der Waals surface area contributed by atoms with Crippen molar-refractivity contribution in [1.82, 2.24) is 38.9 Å². The number of alkyl halides is 4. The molecule has 0 bridgehead atoms. The molecule has 0 radical (unpaired) electrons. The van der Waals surface area contributed by atoms with Crippen LogP contribution in [-0.2, 0) is 105 Å². The highest BCUT2D eigenvalue weighted by Gasteiger charge is 2.56. The van der Waals surface area contributed by atoms with Crippen LogP contribution in [0.2, 0.25) is 0 Å². The number of hydrogen-bond acceptors (Lipinski definition) is 32. The number of hydrogen-bond donors (Lipinski definition) is 8. The first-order chi connectivity index (χ1) is 62.3. The molecule has 4 aromatic carbocycles. The second kappa shape index (κ2) is 36.6. The molecule has 1 amide bonds. The van der Waals surface area contributed by atoms with Crippen LogP contribution in [-0.4, -0.2) is 140 Å². The number of phosphoric acid groups is 4. The van der Waals surface area contributed by atoms with Gasteiger partial charge in [0, 0.05) is 72.7 Å². The number of aliphatic hydroxyl groups excluding tert-OH is 4. The number of phosphoric ester groups is 4. The van der Waals surface area contributed by atoms with Gasteiger partial charge in [-0.2, -0.15) is 0 Å². The Bertz CT molecular complexity index is 6840. The monoisotopic (exact) mass is 1870 g/mol. The molecule has 8 N–H and O–H groups in total. The van der Waals surface area contributed by atoms with Gasteiger partial charge in [-0.3, -0.25) is 84.0 Å². The van der Waals surface area contributed by atoms with E-state index < -0.39 is 196 Å². The molecule has 4 fully saturated rings. The van der Waals surface area contributed by atoms with E-state index in [0.717, 1.165) is 62.1 Å². The molecule has 4 unspecified atom stereocenters. The van der Waals surface area contributed by atoms with E-state index in [1.54, 1.807) is 58.0 Å². The summed E-state index contributed by atoms with van der Waals surface area (Å²) < 4.78 is 248. The predicted octanol–water partition coefficient (Wildman–Crippen LogP) is 7.97. The topological polar surface area (TPSA) is 494 Å². The lowest BCUT2D eigenvalue weighted by Crippen LogP contribution is -2.46. The van der Waals surface area contributed by atoms with Crippen LogP contribution in [0, 0.1) is 105 Å². The summed E-state index contributed by atoms with van der Waals surface area (Å²) in [4.78, 5) is 89.7. The molecule has 12 heterocycles. The second-order valence-corrected chi connectivity index (χ2v) is 36.3. The third kappa shape index (κ3) is 20.7. The van der Waals surface area contributed by atoms with E-state index in [1.165, 1.54) is 0 Å². The van der Waals surface area contributed by atoms with Crippen molar-refractivity contribution >= 4 is 37.2 Å². The minimum Gasteiger partial charge on any atom is -0.403 e. The number of aliphatic hydroxyl groups is 4. The van der Waals surface area contributed by atoms with Crippen LogP contribution in [0.15, 0.2) is 120 Å². The van der Waals surface area contributed by atoms with Crippen LogP contribution in [0.5, 0.6) is 23.0 Å². The summed E-state index contributed by atoms with van der Waals surface area (Å²) in [5.41, 5.74) is 1.88. The highest BCUT2D eigenvalue weighted by molar-refractivity contribution is 7.49. The van der Waals surface area contributed by atoms with Gasteiger partial charge in [0.25, 0.3) is 22.6 Å². The highest BCUT2D eigenvalue weighted by Crippen LogP contribution is 2.61. The van der Waals surface area contributed by atoms with Gasteiger partial charge in [0.05, 0.1) is 34.7 Å². The molecule has 47 heteroatoms. The Morgan fingerprint density at radius 1 is 0.461 bits per heavy atom. The molecule has 3 aromatic heterocycles. The fourth-order valence-electron chi connectivity index (χ4n) is 14.1. The third-order valence-electron chi connectivity index (χ3n) is 19.7. The van der Waals surface area contributed by atoms with Gasteiger partial charge >= 0.3 is 48.4 Å². The molecular weight excluding hydrogens is 1780 g/mol. The molecule has 0 saturated carbocycles. The number of carbonyl (C=O) groups is 1. The molecule has 0 spiro atoms. The molecule has 16 rings (SSSR count). The minimum atomic E-state index is -4.70. The Labute approximate surface area is 731 Å². The van der Waals surface area contributed by atoms with Crippen molar-refractivity contribution < 1.29 is 142 Å². The van der Waals surface area contributed by atoms with Crippen molar-refractivity contribution in [2.24, 2.45) is 0 Å². The van der Waals surface area contributed by atoms with Crippen molar-refractivity contribution in [3.8, 4) is 72.4 Å². The van der Waals surface area contributed by atoms with Gasteiger partial charge in [-0.1, -0.05) is 101 Å².